The number of rotatable bonds is 9. The van der Waals surface area contributed by atoms with Gasteiger partial charge in [-0.3, -0.25) is 4.79 Å². The number of aromatic nitrogens is 3. The van der Waals surface area contributed by atoms with Crippen molar-refractivity contribution < 1.29 is 22.7 Å². The van der Waals surface area contributed by atoms with E-state index in [1.807, 2.05) is 0 Å². The van der Waals surface area contributed by atoms with Gasteiger partial charge in [0.2, 0.25) is 5.88 Å². The first kappa shape index (κ1) is 27.9. The molecule has 1 saturated heterocycles. The molecule has 11 heteroatoms. The number of hydrogen-bond acceptors (Lipinski definition) is 8. The van der Waals surface area contributed by atoms with Gasteiger partial charge in [0.05, 0.1) is 24.2 Å². The van der Waals surface area contributed by atoms with E-state index < -0.39 is 15.9 Å². The summed E-state index contributed by atoms with van der Waals surface area (Å²) in [4.78, 5) is 20.5. The molecular weight excluding hydrogens is 530 g/mol. The monoisotopic (exact) mass is 567 g/mol. The molecule has 2 aliphatic rings. The standard InChI is InChI=1S/C29H37N5O5S/c1-19-16-28(3,4)33(17-19)26-22(27(35)32-40(36,37)23-9-7-21(38-6)15-20(23)2)8-10-24(30-26)34-14-11-25(31-34)39-18-29(5)12-13-29/h7-11,14-15,19H,12-13,16-18H2,1-6H3,(H,32,35)/t19-/m0/s1. The molecule has 3 heterocycles. The van der Waals surface area contributed by atoms with Crippen molar-refractivity contribution in [2.45, 2.75) is 64.3 Å². The van der Waals surface area contributed by atoms with E-state index in [0.717, 1.165) is 19.3 Å². The molecule has 10 nitrogen and oxygen atoms in total. The molecule has 0 unspecified atom stereocenters. The summed E-state index contributed by atoms with van der Waals surface area (Å²) in [6, 6.07) is 9.65. The third kappa shape index (κ3) is 5.65. The molecule has 1 N–H and O–H groups in total. The zero-order chi connectivity index (χ0) is 28.9. The molecule has 1 aromatic carbocycles. The zero-order valence-corrected chi connectivity index (χ0v) is 24.7. The van der Waals surface area contributed by atoms with Gasteiger partial charge in [-0.1, -0.05) is 13.8 Å². The number of amides is 1. The Morgan fingerprint density at radius 1 is 1.15 bits per heavy atom. The number of methoxy groups -OCH3 is 1. The van der Waals surface area contributed by atoms with Crippen LogP contribution >= 0.6 is 0 Å². The smallest absolute Gasteiger partial charge is 0.268 e. The van der Waals surface area contributed by atoms with Crippen LogP contribution in [0.5, 0.6) is 11.6 Å². The van der Waals surface area contributed by atoms with E-state index in [4.69, 9.17) is 14.5 Å². The number of anilines is 1. The maximum absolute atomic E-state index is 13.6. The van der Waals surface area contributed by atoms with Gasteiger partial charge in [-0.15, -0.1) is 5.10 Å². The molecule has 40 heavy (non-hydrogen) atoms. The number of aryl methyl sites for hydroxylation is 1. The fraction of sp³-hybridized carbons (Fsp3) is 0.483. The fourth-order valence-corrected chi connectivity index (χ4v) is 6.50. The van der Waals surface area contributed by atoms with E-state index in [9.17, 15) is 13.2 Å². The molecule has 0 spiro atoms. The Morgan fingerprint density at radius 3 is 2.52 bits per heavy atom. The predicted octanol–water partition coefficient (Wildman–Crippen LogP) is 4.51. The summed E-state index contributed by atoms with van der Waals surface area (Å²) in [6.45, 7) is 11.5. The van der Waals surface area contributed by atoms with E-state index in [2.05, 4.69) is 42.4 Å². The fourth-order valence-electron chi connectivity index (χ4n) is 5.31. The van der Waals surface area contributed by atoms with Crippen LogP contribution in [0, 0.1) is 18.3 Å². The van der Waals surface area contributed by atoms with Crippen LogP contribution in [0.4, 0.5) is 5.82 Å². The number of pyridine rings is 1. The Bertz CT molecular complexity index is 1540. The lowest BCUT2D eigenvalue weighted by molar-refractivity contribution is 0.0981. The lowest BCUT2D eigenvalue weighted by Crippen LogP contribution is -2.41. The minimum atomic E-state index is -4.15. The Balaban J connectivity index is 1.47. The molecule has 2 fully saturated rings. The highest BCUT2D eigenvalue weighted by Gasteiger charge is 2.40. The van der Waals surface area contributed by atoms with E-state index in [1.165, 1.54) is 13.2 Å². The van der Waals surface area contributed by atoms with Gasteiger partial charge in [-0.05, 0) is 81.8 Å². The second-order valence-corrected chi connectivity index (χ2v) is 13.7. The summed E-state index contributed by atoms with van der Waals surface area (Å²) in [7, 11) is -2.64. The SMILES string of the molecule is COc1ccc(S(=O)(=O)NC(=O)c2ccc(-n3ccc(OCC4(C)CC4)n3)nc2N2C[C@@H](C)CC2(C)C)c(C)c1. The third-order valence-electron chi connectivity index (χ3n) is 7.80. The van der Waals surface area contributed by atoms with Crippen molar-refractivity contribution in [1.82, 2.24) is 19.5 Å². The molecule has 1 aliphatic carbocycles. The van der Waals surface area contributed by atoms with Crippen molar-refractivity contribution in [2.24, 2.45) is 11.3 Å². The van der Waals surface area contributed by atoms with Crippen molar-refractivity contribution in [2.75, 3.05) is 25.2 Å². The van der Waals surface area contributed by atoms with Crippen LogP contribution in [-0.4, -0.2) is 54.9 Å². The maximum atomic E-state index is 13.6. The van der Waals surface area contributed by atoms with Crippen molar-refractivity contribution in [3.63, 3.8) is 0 Å². The summed E-state index contributed by atoms with van der Waals surface area (Å²) in [6.07, 6.45) is 4.98. The van der Waals surface area contributed by atoms with Gasteiger partial charge in [0.25, 0.3) is 15.9 Å². The second-order valence-electron chi connectivity index (χ2n) is 12.0. The van der Waals surface area contributed by atoms with Gasteiger partial charge in [0, 0.05) is 29.8 Å². The maximum Gasteiger partial charge on any atom is 0.268 e. The van der Waals surface area contributed by atoms with Crippen molar-refractivity contribution in [3.05, 3.63) is 53.7 Å². The van der Waals surface area contributed by atoms with Crippen LogP contribution in [0.15, 0.2) is 47.5 Å². The first-order valence-electron chi connectivity index (χ1n) is 13.5. The third-order valence-corrected chi connectivity index (χ3v) is 9.29. The highest BCUT2D eigenvalue weighted by Crippen LogP contribution is 2.45. The highest BCUT2D eigenvalue weighted by molar-refractivity contribution is 7.90. The number of sulfonamides is 1. The first-order valence-corrected chi connectivity index (χ1v) is 15.0. The number of nitrogens with one attached hydrogen (secondary N) is 1. The summed E-state index contributed by atoms with van der Waals surface area (Å²) in [5.41, 5.74) is 0.581. The Labute approximate surface area is 235 Å². The molecule has 1 saturated carbocycles. The topological polar surface area (TPSA) is 116 Å². The molecule has 0 radical (unpaired) electrons. The van der Waals surface area contributed by atoms with Crippen LogP contribution < -0.4 is 19.1 Å². The molecule has 0 bridgehead atoms. The average molecular weight is 568 g/mol. The van der Waals surface area contributed by atoms with E-state index in [-0.39, 0.29) is 21.4 Å². The Hall–Kier alpha value is -3.60. The first-order chi connectivity index (χ1) is 18.8. The van der Waals surface area contributed by atoms with E-state index in [1.54, 1.807) is 48.1 Å². The number of carbonyl (C=O) groups is 1. The summed E-state index contributed by atoms with van der Waals surface area (Å²) >= 11 is 0. The molecule has 1 atom stereocenters. The summed E-state index contributed by atoms with van der Waals surface area (Å²) < 4.78 is 41.4. The van der Waals surface area contributed by atoms with Gasteiger partial charge < -0.3 is 14.4 Å². The quantitative estimate of drug-likeness (QED) is 0.402. The van der Waals surface area contributed by atoms with Crippen molar-refractivity contribution in [1.29, 1.82) is 0 Å². The number of ether oxygens (including phenoxy) is 2. The van der Waals surface area contributed by atoms with Crippen molar-refractivity contribution in [3.8, 4) is 17.4 Å². The highest BCUT2D eigenvalue weighted by atomic mass is 32.2. The molecule has 1 amide bonds. The Kier molecular flexibility index (Phi) is 7.06. The number of carbonyl (C=O) groups excluding carboxylic acids is 1. The van der Waals surface area contributed by atoms with Gasteiger partial charge in [0.1, 0.15) is 11.6 Å². The van der Waals surface area contributed by atoms with Crippen molar-refractivity contribution >= 4 is 21.7 Å². The summed E-state index contributed by atoms with van der Waals surface area (Å²) in [5.74, 6) is 1.58. The molecule has 2 aromatic heterocycles. The van der Waals surface area contributed by atoms with Crippen LogP contribution in [0.3, 0.4) is 0 Å². The normalized spacial score (nSPS) is 19.4. The lowest BCUT2D eigenvalue weighted by Gasteiger charge is -2.34. The molecule has 214 valence electrons. The Morgan fingerprint density at radius 2 is 1.90 bits per heavy atom. The minimum Gasteiger partial charge on any atom is -0.497 e. The summed E-state index contributed by atoms with van der Waals surface area (Å²) in [5, 5.41) is 4.53. The van der Waals surface area contributed by atoms with Crippen LogP contribution in [-0.2, 0) is 10.0 Å². The average Bonchev–Trinajstić information content (AvgIpc) is 3.31. The van der Waals surface area contributed by atoms with Crippen LogP contribution in [0.1, 0.15) is 62.9 Å². The number of nitrogens with zero attached hydrogens (tertiary/aromatic N) is 4. The second kappa shape index (κ2) is 10.1. The van der Waals surface area contributed by atoms with Crippen LogP contribution in [0.2, 0.25) is 0 Å². The van der Waals surface area contributed by atoms with Gasteiger partial charge in [-0.2, -0.15) is 0 Å². The van der Waals surface area contributed by atoms with E-state index in [0.29, 0.717) is 47.9 Å². The van der Waals surface area contributed by atoms with Gasteiger partial charge in [-0.25, -0.2) is 22.8 Å². The lowest BCUT2D eigenvalue weighted by atomic mass is 9.97. The molecular formula is C29H37N5O5S. The van der Waals surface area contributed by atoms with Crippen LogP contribution in [0.25, 0.3) is 5.82 Å². The minimum absolute atomic E-state index is 0.00651. The largest absolute Gasteiger partial charge is 0.497 e. The number of benzene rings is 1. The predicted molar refractivity (Wildman–Crippen MR) is 152 cm³/mol. The zero-order valence-electron chi connectivity index (χ0n) is 23.9. The molecule has 1 aliphatic heterocycles. The van der Waals surface area contributed by atoms with Gasteiger partial charge >= 0.3 is 0 Å². The van der Waals surface area contributed by atoms with Gasteiger partial charge in [0.15, 0.2) is 5.82 Å². The number of hydrogen-bond donors (Lipinski definition) is 1. The van der Waals surface area contributed by atoms with E-state index >= 15 is 0 Å². The molecule has 3 aromatic rings. The molecule has 5 rings (SSSR count).